The maximum atomic E-state index is 14.7. The first-order valence-corrected chi connectivity index (χ1v) is 10.0. The standard InChI is InChI=1S/C20H24FN9O/c1-11-17(30-10-24-9-26-30)6-12(8-25-11)27-19-13(18(23)31)7-14(21)20(29-19)28-16-5-3-2-4-15(16)22/h6-10,15-16H,2-5,22H2,1H3,(H2,23,31)(H2,27,28,29)/t15-,16+/m0/s1. The van der Waals surface area contributed by atoms with Gasteiger partial charge < -0.3 is 22.1 Å². The minimum Gasteiger partial charge on any atom is -0.365 e. The number of anilines is 3. The fraction of sp³-hybridized carbons (Fsp3) is 0.350. The second kappa shape index (κ2) is 8.64. The number of nitrogens with one attached hydrogen (secondary N) is 2. The quantitative estimate of drug-likeness (QED) is 0.468. The first kappa shape index (κ1) is 20.7. The SMILES string of the molecule is Cc1ncc(Nc2nc(N[C@@H]3CCCC[C@@H]3N)c(F)cc2C(N)=O)cc1-n1cncn1. The van der Waals surface area contributed by atoms with Gasteiger partial charge in [0.2, 0.25) is 0 Å². The van der Waals surface area contributed by atoms with Crippen LogP contribution in [0.2, 0.25) is 0 Å². The average molecular weight is 425 g/mol. The second-order valence-electron chi connectivity index (χ2n) is 7.57. The van der Waals surface area contributed by atoms with Gasteiger partial charge >= 0.3 is 0 Å². The van der Waals surface area contributed by atoms with Gasteiger partial charge in [-0.3, -0.25) is 9.78 Å². The van der Waals surface area contributed by atoms with Crippen LogP contribution >= 0.6 is 0 Å². The predicted molar refractivity (Wildman–Crippen MR) is 114 cm³/mol. The normalized spacial score (nSPS) is 18.5. The average Bonchev–Trinajstić information content (AvgIpc) is 3.27. The van der Waals surface area contributed by atoms with Crippen molar-refractivity contribution in [3.05, 3.63) is 48.1 Å². The van der Waals surface area contributed by atoms with E-state index in [-0.39, 0.29) is 29.3 Å². The molecule has 1 fully saturated rings. The Morgan fingerprint density at radius 2 is 2.06 bits per heavy atom. The molecule has 3 heterocycles. The van der Waals surface area contributed by atoms with Crippen molar-refractivity contribution in [1.82, 2.24) is 24.7 Å². The molecule has 6 N–H and O–H groups in total. The Morgan fingerprint density at radius 3 is 2.77 bits per heavy atom. The fourth-order valence-electron chi connectivity index (χ4n) is 3.68. The molecule has 1 aliphatic carbocycles. The van der Waals surface area contributed by atoms with Gasteiger partial charge in [-0.2, -0.15) is 5.10 Å². The zero-order chi connectivity index (χ0) is 22.0. The number of hydrogen-bond donors (Lipinski definition) is 4. The van der Waals surface area contributed by atoms with Crippen LogP contribution in [0, 0.1) is 12.7 Å². The monoisotopic (exact) mass is 425 g/mol. The van der Waals surface area contributed by atoms with E-state index in [1.165, 1.54) is 6.33 Å². The maximum Gasteiger partial charge on any atom is 0.252 e. The Morgan fingerprint density at radius 1 is 1.26 bits per heavy atom. The van der Waals surface area contributed by atoms with Crippen LogP contribution in [0.3, 0.4) is 0 Å². The van der Waals surface area contributed by atoms with Crippen LogP contribution in [-0.4, -0.2) is 42.7 Å². The Labute approximate surface area is 178 Å². The molecule has 31 heavy (non-hydrogen) atoms. The number of carbonyl (C=O) groups excluding carboxylic acids is 1. The number of primary amides is 1. The lowest BCUT2D eigenvalue weighted by atomic mass is 9.91. The molecular formula is C20H24FN9O. The van der Waals surface area contributed by atoms with Crippen molar-refractivity contribution >= 4 is 23.2 Å². The van der Waals surface area contributed by atoms with Crippen LogP contribution < -0.4 is 22.1 Å². The van der Waals surface area contributed by atoms with E-state index in [0.717, 1.165) is 37.4 Å². The molecule has 3 aromatic rings. The summed E-state index contributed by atoms with van der Waals surface area (Å²) < 4.78 is 16.2. The van der Waals surface area contributed by atoms with Crippen LogP contribution in [0.5, 0.6) is 0 Å². The summed E-state index contributed by atoms with van der Waals surface area (Å²) in [7, 11) is 0. The molecule has 1 aliphatic rings. The van der Waals surface area contributed by atoms with Crippen molar-refractivity contribution in [3.63, 3.8) is 0 Å². The summed E-state index contributed by atoms with van der Waals surface area (Å²) in [6.45, 7) is 1.83. The molecule has 3 aromatic heterocycles. The fourth-order valence-corrected chi connectivity index (χ4v) is 3.68. The molecule has 10 nitrogen and oxygen atoms in total. The van der Waals surface area contributed by atoms with Gasteiger partial charge in [0.1, 0.15) is 18.5 Å². The number of hydrogen-bond acceptors (Lipinski definition) is 8. The summed E-state index contributed by atoms with van der Waals surface area (Å²) in [6.07, 6.45) is 8.30. The Kier molecular flexibility index (Phi) is 5.76. The summed E-state index contributed by atoms with van der Waals surface area (Å²) in [5.41, 5.74) is 13.5. The van der Waals surface area contributed by atoms with Gasteiger partial charge in [0.15, 0.2) is 11.6 Å². The number of aromatic nitrogens is 5. The van der Waals surface area contributed by atoms with Crippen LogP contribution in [0.25, 0.3) is 5.69 Å². The van der Waals surface area contributed by atoms with Crippen molar-refractivity contribution < 1.29 is 9.18 Å². The largest absolute Gasteiger partial charge is 0.365 e. The molecule has 162 valence electrons. The van der Waals surface area contributed by atoms with E-state index in [9.17, 15) is 9.18 Å². The lowest BCUT2D eigenvalue weighted by Crippen LogP contribution is -2.43. The van der Waals surface area contributed by atoms with Crippen molar-refractivity contribution in [2.24, 2.45) is 11.5 Å². The van der Waals surface area contributed by atoms with E-state index in [1.807, 2.05) is 6.92 Å². The van der Waals surface area contributed by atoms with Crippen LogP contribution in [0.1, 0.15) is 41.7 Å². The minimum absolute atomic E-state index is 0.0198. The van der Waals surface area contributed by atoms with Gasteiger partial charge in [-0.1, -0.05) is 12.8 Å². The number of pyridine rings is 2. The molecule has 11 heteroatoms. The molecule has 0 radical (unpaired) electrons. The van der Waals surface area contributed by atoms with Gasteiger partial charge in [0.25, 0.3) is 5.91 Å². The zero-order valence-corrected chi connectivity index (χ0v) is 17.0. The number of halogens is 1. The molecule has 1 saturated carbocycles. The van der Waals surface area contributed by atoms with E-state index in [2.05, 4.69) is 30.7 Å². The summed E-state index contributed by atoms with van der Waals surface area (Å²) in [6, 6.07) is 2.67. The van der Waals surface area contributed by atoms with Crippen molar-refractivity contribution in [3.8, 4) is 5.69 Å². The molecule has 2 atom stereocenters. The maximum absolute atomic E-state index is 14.7. The molecule has 0 bridgehead atoms. The summed E-state index contributed by atoms with van der Waals surface area (Å²) in [5.74, 6) is -1.32. The molecule has 1 amide bonds. The molecule has 4 rings (SSSR count). The lowest BCUT2D eigenvalue weighted by molar-refractivity contribution is 0.100. The van der Waals surface area contributed by atoms with Crippen molar-refractivity contribution in [2.75, 3.05) is 10.6 Å². The number of nitrogens with two attached hydrogens (primary N) is 2. The lowest BCUT2D eigenvalue weighted by Gasteiger charge is -2.30. The summed E-state index contributed by atoms with van der Waals surface area (Å²) >= 11 is 0. The van der Waals surface area contributed by atoms with Gasteiger partial charge in [-0.25, -0.2) is 19.0 Å². The van der Waals surface area contributed by atoms with Crippen molar-refractivity contribution in [1.29, 1.82) is 0 Å². The predicted octanol–water partition coefficient (Wildman–Crippen LogP) is 2.03. The van der Waals surface area contributed by atoms with E-state index in [1.54, 1.807) is 23.3 Å². The first-order chi connectivity index (χ1) is 14.9. The van der Waals surface area contributed by atoms with E-state index in [0.29, 0.717) is 11.4 Å². The second-order valence-corrected chi connectivity index (χ2v) is 7.57. The number of amides is 1. The van der Waals surface area contributed by atoms with E-state index in [4.69, 9.17) is 11.5 Å². The number of carbonyl (C=O) groups is 1. The number of aryl methyl sites for hydroxylation is 1. The van der Waals surface area contributed by atoms with E-state index >= 15 is 0 Å². The summed E-state index contributed by atoms with van der Waals surface area (Å²) in [4.78, 5) is 24.5. The van der Waals surface area contributed by atoms with Crippen LogP contribution in [0.15, 0.2) is 31.0 Å². The van der Waals surface area contributed by atoms with Crippen LogP contribution in [0.4, 0.5) is 21.7 Å². The highest BCUT2D eigenvalue weighted by Gasteiger charge is 2.24. The molecule has 0 unspecified atom stereocenters. The number of rotatable bonds is 6. The zero-order valence-electron chi connectivity index (χ0n) is 17.0. The summed E-state index contributed by atoms with van der Waals surface area (Å²) in [5, 5.41) is 10.2. The topological polar surface area (TPSA) is 150 Å². The first-order valence-electron chi connectivity index (χ1n) is 10.0. The van der Waals surface area contributed by atoms with Crippen molar-refractivity contribution in [2.45, 2.75) is 44.7 Å². The molecule has 0 saturated heterocycles. The minimum atomic E-state index is -0.800. The molecule has 0 aliphatic heterocycles. The highest BCUT2D eigenvalue weighted by Crippen LogP contribution is 2.27. The van der Waals surface area contributed by atoms with Gasteiger partial charge in [0, 0.05) is 12.1 Å². The third kappa shape index (κ3) is 4.45. The molecule has 0 aromatic carbocycles. The van der Waals surface area contributed by atoms with E-state index < -0.39 is 11.7 Å². The smallest absolute Gasteiger partial charge is 0.252 e. The third-order valence-corrected chi connectivity index (χ3v) is 5.37. The van der Waals surface area contributed by atoms with Gasteiger partial charge in [-0.15, -0.1) is 0 Å². The van der Waals surface area contributed by atoms with Gasteiger partial charge in [0.05, 0.1) is 28.8 Å². The Bertz CT molecular complexity index is 1090. The van der Waals surface area contributed by atoms with Gasteiger partial charge in [-0.05, 0) is 31.9 Å². The third-order valence-electron chi connectivity index (χ3n) is 5.37. The Hall–Kier alpha value is -3.60. The molecular weight excluding hydrogens is 401 g/mol. The number of nitrogens with zero attached hydrogens (tertiary/aromatic N) is 5. The van der Waals surface area contributed by atoms with Crippen LogP contribution in [-0.2, 0) is 0 Å². The highest BCUT2D eigenvalue weighted by molar-refractivity contribution is 5.98. The molecule has 0 spiro atoms. The Balaban J connectivity index is 1.67. The highest BCUT2D eigenvalue weighted by atomic mass is 19.1.